The highest BCUT2D eigenvalue weighted by Gasteiger charge is 2.31. The number of aromatic nitrogens is 1. The van der Waals surface area contributed by atoms with Gasteiger partial charge in [0.15, 0.2) is 0 Å². The van der Waals surface area contributed by atoms with E-state index in [0.29, 0.717) is 26.0 Å². The summed E-state index contributed by atoms with van der Waals surface area (Å²) in [4.78, 5) is 4.33. The van der Waals surface area contributed by atoms with Crippen LogP contribution in [0.4, 0.5) is 26.3 Å². The van der Waals surface area contributed by atoms with Crippen molar-refractivity contribution in [1.82, 2.24) is 4.98 Å². The van der Waals surface area contributed by atoms with Crippen LogP contribution in [0.2, 0.25) is 0 Å². The summed E-state index contributed by atoms with van der Waals surface area (Å²) in [5.74, 6) is -0.671. The van der Waals surface area contributed by atoms with Crippen molar-refractivity contribution in [2.45, 2.75) is 12.7 Å². The molecule has 1 heterocycles. The molecule has 0 unspecified atom stereocenters. The van der Waals surface area contributed by atoms with Crippen LogP contribution in [0.5, 0.6) is 11.5 Å². The standard InChI is InChI=1S/C19H10F6INO2/c20-18(21,22)28-14-5-1-11(2-6-14)13-9-16(26)17(27-10-13)12-3-7-15(8-4-12)29-19(23,24)25/h1-10H. The van der Waals surface area contributed by atoms with E-state index >= 15 is 0 Å². The van der Waals surface area contributed by atoms with Crippen LogP contribution < -0.4 is 9.47 Å². The van der Waals surface area contributed by atoms with Gasteiger partial charge in [-0.2, -0.15) is 0 Å². The van der Waals surface area contributed by atoms with Crippen molar-refractivity contribution in [3.8, 4) is 33.9 Å². The smallest absolute Gasteiger partial charge is 0.406 e. The Kier molecular flexibility index (Phi) is 5.92. The molecule has 10 heteroatoms. The number of halogens is 7. The molecule has 0 saturated heterocycles. The molecular weight excluding hydrogens is 515 g/mol. The molecule has 0 atom stereocenters. The van der Waals surface area contributed by atoms with E-state index < -0.39 is 12.7 Å². The molecule has 0 aliphatic carbocycles. The van der Waals surface area contributed by atoms with Gasteiger partial charge >= 0.3 is 12.7 Å². The maximum Gasteiger partial charge on any atom is 0.573 e. The van der Waals surface area contributed by atoms with Gasteiger partial charge in [-0.25, -0.2) is 0 Å². The first kappa shape index (κ1) is 21.2. The van der Waals surface area contributed by atoms with Crippen LogP contribution in [0, 0.1) is 3.57 Å². The van der Waals surface area contributed by atoms with Gasteiger partial charge in [0.25, 0.3) is 0 Å². The van der Waals surface area contributed by atoms with E-state index in [2.05, 4.69) is 14.5 Å². The van der Waals surface area contributed by atoms with Crippen LogP contribution in [-0.4, -0.2) is 17.7 Å². The molecule has 3 aromatic rings. The predicted molar refractivity (Wildman–Crippen MR) is 101 cm³/mol. The Morgan fingerprint density at radius 1 is 0.655 bits per heavy atom. The SMILES string of the molecule is FC(F)(F)Oc1ccc(-c2cnc(-c3ccc(OC(F)(F)F)cc3)c(I)c2)cc1. The van der Waals surface area contributed by atoms with Crippen LogP contribution in [0.1, 0.15) is 0 Å². The second-order valence-electron chi connectivity index (χ2n) is 5.70. The first-order chi connectivity index (χ1) is 13.5. The van der Waals surface area contributed by atoms with Gasteiger partial charge in [0.05, 0.1) is 5.69 Å². The van der Waals surface area contributed by atoms with E-state index in [1.54, 1.807) is 6.07 Å². The second kappa shape index (κ2) is 8.09. The lowest BCUT2D eigenvalue weighted by Crippen LogP contribution is -2.17. The lowest BCUT2D eigenvalue weighted by atomic mass is 10.1. The molecule has 0 aliphatic rings. The Hall–Kier alpha value is -2.50. The number of rotatable bonds is 4. The fourth-order valence-corrected chi connectivity index (χ4v) is 3.26. The summed E-state index contributed by atoms with van der Waals surface area (Å²) in [6.07, 6.45) is -8.01. The van der Waals surface area contributed by atoms with Gasteiger partial charge in [-0.15, -0.1) is 26.3 Å². The quantitative estimate of drug-likeness (QED) is 0.277. The van der Waals surface area contributed by atoms with Crippen molar-refractivity contribution in [1.29, 1.82) is 0 Å². The monoisotopic (exact) mass is 525 g/mol. The summed E-state index contributed by atoms with van der Waals surface area (Å²) in [7, 11) is 0. The van der Waals surface area contributed by atoms with Gasteiger partial charge in [0.2, 0.25) is 0 Å². The Morgan fingerprint density at radius 3 is 1.52 bits per heavy atom. The number of pyridine rings is 1. The topological polar surface area (TPSA) is 31.4 Å². The molecule has 0 amide bonds. The first-order valence-corrected chi connectivity index (χ1v) is 8.96. The Balaban J connectivity index is 1.80. The average molecular weight is 525 g/mol. The van der Waals surface area contributed by atoms with Gasteiger partial charge < -0.3 is 9.47 Å². The maximum atomic E-state index is 12.2. The molecule has 3 nitrogen and oxygen atoms in total. The Morgan fingerprint density at radius 2 is 1.10 bits per heavy atom. The summed E-state index contributed by atoms with van der Waals surface area (Å²) in [6.45, 7) is 0. The summed E-state index contributed by atoms with van der Waals surface area (Å²) in [5, 5.41) is 0. The molecule has 0 radical (unpaired) electrons. The Labute approximate surface area is 174 Å². The van der Waals surface area contributed by atoms with Gasteiger partial charge in [-0.3, -0.25) is 4.98 Å². The normalized spacial score (nSPS) is 12.0. The molecule has 1 aromatic heterocycles. The zero-order valence-corrected chi connectivity index (χ0v) is 16.3. The minimum absolute atomic E-state index is 0.332. The average Bonchev–Trinajstić information content (AvgIpc) is 2.60. The number of ether oxygens (including phenoxy) is 2. The predicted octanol–water partition coefficient (Wildman–Crippen LogP) is 6.82. The Bertz CT molecular complexity index is 986. The summed E-state index contributed by atoms with van der Waals surface area (Å²) in [5.41, 5.74) is 2.42. The minimum Gasteiger partial charge on any atom is -0.406 e. The maximum absolute atomic E-state index is 12.2. The van der Waals surface area contributed by atoms with Gasteiger partial charge in [0, 0.05) is 20.9 Å². The van der Waals surface area contributed by atoms with Crippen LogP contribution in [-0.2, 0) is 0 Å². The fourth-order valence-electron chi connectivity index (χ4n) is 2.47. The number of alkyl halides is 6. The van der Waals surface area contributed by atoms with E-state index in [1.807, 2.05) is 22.6 Å². The zero-order valence-electron chi connectivity index (χ0n) is 14.2. The fraction of sp³-hybridized carbons (Fsp3) is 0.105. The van der Waals surface area contributed by atoms with E-state index in [-0.39, 0.29) is 11.5 Å². The largest absolute Gasteiger partial charge is 0.573 e. The third-order valence-electron chi connectivity index (χ3n) is 3.62. The lowest BCUT2D eigenvalue weighted by Gasteiger charge is -2.11. The highest BCUT2D eigenvalue weighted by Crippen LogP contribution is 2.31. The molecule has 0 aliphatic heterocycles. The van der Waals surface area contributed by atoms with Crippen LogP contribution in [0.3, 0.4) is 0 Å². The molecule has 0 saturated carbocycles. The van der Waals surface area contributed by atoms with Crippen LogP contribution in [0.25, 0.3) is 22.4 Å². The van der Waals surface area contributed by atoms with E-state index in [0.717, 1.165) is 0 Å². The first-order valence-electron chi connectivity index (χ1n) is 7.88. The van der Waals surface area contributed by atoms with Crippen LogP contribution >= 0.6 is 22.6 Å². The van der Waals surface area contributed by atoms with Crippen molar-refractivity contribution in [2.75, 3.05) is 0 Å². The molecule has 0 bridgehead atoms. The van der Waals surface area contributed by atoms with Gasteiger partial charge in [-0.1, -0.05) is 12.1 Å². The third-order valence-corrected chi connectivity index (χ3v) is 4.45. The summed E-state index contributed by atoms with van der Waals surface area (Å²) < 4.78 is 81.8. The van der Waals surface area contributed by atoms with Crippen molar-refractivity contribution >= 4 is 22.6 Å². The molecule has 152 valence electrons. The van der Waals surface area contributed by atoms with Gasteiger partial charge in [0.1, 0.15) is 11.5 Å². The van der Waals surface area contributed by atoms with Crippen molar-refractivity contribution in [2.24, 2.45) is 0 Å². The molecule has 0 N–H and O–H groups in total. The number of benzene rings is 2. The minimum atomic E-state index is -4.77. The second-order valence-corrected chi connectivity index (χ2v) is 6.86. The third kappa shape index (κ3) is 5.99. The van der Waals surface area contributed by atoms with Crippen molar-refractivity contribution < 1.29 is 35.8 Å². The number of nitrogens with zero attached hydrogens (tertiary/aromatic N) is 1. The number of hydrogen-bond donors (Lipinski definition) is 0. The molecule has 0 spiro atoms. The molecule has 29 heavy (non-hydrogen) atoms. The van der Waals surface area contributed by atoms with E-state index in [9.17, 15) is 26.3 Å². The van der Waals surface area contributed by atoms with Crippen molar-refractivity contribution in [3.05, 3.63) is 64.4 Å². The summed E-state index contributed by atoms with van der Waals surface area (Å²) >= 11 is 2.02. The van der Waals surface area contributed by atoms with Crippen LogP contribution in [0.15, 0.2) is 60.8 Å². The molecular formula is C19H10F6INO2. The van der Waals surface area contributed by atoms with Gasteiger partial charge in [-0.05, 0) is 70.6 Å². The molecule has 3 rings (SSSR count). The molecule has 2 aromatic carbocycles. The lowest BCUT2D eigenvalue weighted by molar-refractivity contribution is -0.275. The van der Waals surface area contributed by atoms with E-state index in [1.165, 1.54) is 54.7 Å². The van der Waals surface area contributed by atoms with Crippen molar-refractivity contribution in [3.63, 3.8) is 0 Å². The number of hydrogen-bond acceptors (Lipinski definition) is 3. The highest BCUT2D eigenvalue weighted by atomic mass is 127. The highest BCUT2D eigenvalue weighted by molar-refractivity contribution is 14.1. The molecule has 0 fully saturated rings. The summed E-state index contributed by atoms with van der Waals surface area (Å²) in [6, 6.07) is 12.4. The van der Waals surface area contributed by atoms with E-state index in [4.69, 9.17) is 0 Å². The zero-order chi connectivity index (χ0) is 21.2.